The van der Waals surface area contributed by atoms with Gasteiger partial charge in [0.25, 0.3) is 0 Å². The largest absolute Gasteiger partial charge is 0.0622 e. The van der Waals surface area contributed by atoms with Crippen molar-refractivity contribution in [2.45, 2.75) is 19.8 Å². The predicted octanol–water partition coefficient (Wildman–Crippen LogP) is 4.61. The molecule has 21 heavy (non-hydrogen) atoms. The van der Waals surface area contributed by atoms with Gasteiger partial charge in [0.1, 0.15) is 0 Å². The second-order valence-corrected chi connectivity index (χ2v) is 7.71. The summed E-state index contributed by atoms with van der Waals surface area (Å²) in [4.78, 5) is 0. The highest BCUT2D eigenvalue weighted by molar-refractivity contribution is 7.76. The maximum absolute atomic E-state index is 2.31. The molecular formula is C20H20P. The van der Waals surface area contributed by atoms with E-state index in [1.54, 1.807) is 0 Å². The number of benzene rings is 2. The molecule has 5 radical (unpaired) electrons. The summed E-state index contributed by atoms with van der Waals surface area (Å²) in [6.45, 7) is 4.56. The predicted molar refractivity (Wildman–Crippen MR) is 93.6 cm³/mol. The zero-order chi connectivity index (χ0) is 14.7. The Morgan fingerprint density at radius 3 is 2.05 bits per heavy atom. The van der Waals surface area contributed by atoms with Gasteiger partial charge in [0.15, 0.2) is 0 Å². The van der Waals surface area contributed by atoms with Gasteiger partial charge < -0.3 is 0 Å². The minimum atomic E-state index is -0.462. The Balaban J connectivity index is 2.07. The molecule has 105 valence electrons. The summed E-state index contributed by atoms with van der Waals surface area (Å²) in [5.41, 5.74) is 2.90. The van der Waals surface area contributed by atoms with Crippen molar-refractivity contribution < 1.29 is 0 Å². The summed E-state index contributed by atoms with van der Waals surface area (Å²) in [7, 11) is -0.462. The lowest BCUT2D eigenvalue weighted by atomic mass is 10.0. The average molecular weight is 291 g/mol. The van der Waals surface area contributed by atoms with E-state index >= 15 is 0 Å². The minimum absolute atomic E-state index is 0.462. The summed E-state index contributed by atoms with van der Waals surface area (Å²) >= 11 is 0. The second kappa shape index (κ2) is 6.75. The fraction of sp³-hybridized carbons (Fsp3) is 0.150. The van der Waals surface area contributed by atoms with E-state index < -0.39 is 7.92 Å². The lowest BCUT2D eigenvalue weighted by Crippen LogP contribution is -2.20. The van der Waals surface area contributed by atoms with E-state index in [9.17, 15) is 0 Å². The van der Waals surface area contributed by atoms with Crippen LogP contribution in [0.2, 0.25) is 0 Å². The van der Waals surface area contributed by atoms with Crippen LogP contribution in [0.3, 0.4) is 0 Å². The molecule has 2 aromatic carbocycles. The summed E-state index contributed by atoms with van der Waals surface area (Å²) < 4.78 is 0. The number of rotatable bonds is 4. The molecule has 1 saturated carbocycles. The first-order valence-electron chi connectivity index (χ1n) is 7.43. The Kier molecular flexibility index (Phi) is 4.76. The van der Waals surface area contributed by atoms with Crippen molar-refractivity contribution in [1.29, 1.82) is 0 Å². The van der Waals surface area contributed by atoms with Crippen LogP contribution in [0, 0.1) is 31.3 Å². The van der Waals surface area contributed by atoms with Crippen molar-refractivity contribution in [3.8, 4) is 0 Å². The van der Waals surface area contributed by atoms with Gasteiger partial charge in [-0.2, -0.15) is 0 Å². The van der Waals surface area contributed by atoms with Crippen LogP contribution in [0.4, 0.5) is 0 Å². The van der Waals surface area contributed by atoms with Crippen molar-refractivity contribution in [3.05, 3.63) is 91.5 Å². The lowest BCUT2D eigenvalue weighted by Gasteiger charge is -2.27. The first-order chi connectivity index (χ1) is 10.3. The number of hydrogen-bond donors (Lipinski definition) is 0. The monoisotopic (exact) mass is 291 g/mol. The van der Waals surface area contributed by atoms with Crippen LogP contribution >= 0.6 is 7.92 Å². The molecule has 0 aromatic heterocycles. The quantitative estimate of drug-likeness (QED) is 0.722. The van der Waals surface area contributed by atoms with E-state index in [4.69, 9.17) is 0 Å². The average Bonchev–Trinajstić information content (AvgIpc) is 3.03. The fourth-order valence-electron chi connectivity index (χ4n) is 2.70. The topological polar surface area (TPSA) is 0 Å². The molecule has 3 rings (SSSR count). The molecule has 1 atom stereocenters. The molecule has 1 fully saturated rings. The maximum atomic E-state index is 2.31. The van der Waals surface area contributed by atoms with Gasteiger partial charge in [-0.25, -0.2) is 0 Å². The molecule has 0 bridgehead atoms. The highest BCUT2D eigenvalue weighted by Gasteiger charge is 2.30. The first kappa shape index (κ1) is 14.8. The van der Waals surface area contributed by atoms with Crippen LogP contribution in [-0.2, 0) is 0 Å². The van der Waals surface area contributed by atoms with Crippen LogP contribution in [0.25, 0.3) is 0 Å². The van der Waals surface area contributed by atoms with Crippen molar-refractivity contribution in [2.75, 3.05) is 0 Å². The van der Waals surface area contributed by atoms with Crippen molar-refractivity contribution in [3.63, 3.8) is 0 Å². The van der Waals surface area contributed by atoms with Gasteiger partial charge in [-0.3, -0.25) is 0 Å². The smallest absolute Gasteiger partial charge is 0.0161 e. The third kappa shape index (κ3) is 3.22. The number of hydrogen-bond acceptors (Lipinski definition) is 0. The second-order valence-electron chi connectivity index (χ2n) is 5.53. The molecule has 1 aliphatic rings. The van der Waals surface area contributed by atoms with Crippen LogP contribution in [0.15, 0.2) is 54.6 Å². The molecule has 0 spiro atoms. The Hall–Kier alpha value is -1.13. The van der Waals surface area contributed by atoms with E-state index in [1.807, 2.05) is 0 Å². The summed E-state index contributed by atoms with van der Waals surface area (Å²) in [6, 6.07) is 19.8. The minimum Gasteiger partial charge on any atom is -0.0622 e. The molecule has 0 unspecified atom stereocenters. The Labute approximate surface area is 130 Å². The third-order valence-corrected chi connectivity index (χ3v) is 6.24. The van der Waals surface area contributed by atoms with Gasteiger partial charge in [0.05, 0.1) is 0 Å². The highest BCUT2D eigenvalue weighted by atomic mass is 31.1. The molecule has 0 heterocycles. The Bertz CT molecular complexity index is 567. The van der Waals surface area contributed by atoms with Crippen LogP contribution in [0.5, 0.6) is 0 Å². The van der Waals surface area contributed by atoms with Crippen LogP contribution in [0.1, 0.15) is 25.3 Å². The SMILES string of the molecule is CC(C)c1ccccc1[P@]([C]1[CH][CH][CH][CH]1)c1ccccc1. The molecule has 1 heteroatoms. The summed E-state index contributed by atoms with van der Waals surface area (Å²) in [5, 5.41) is 2.91. The summed E-state index contributed by atoms with van der Waals surface area (Å²) in [6.07, 6.45) is 8.81. The van der Waals surface area contributed by atoms with E-state index in [1.165, 1.54) is 21.8 Å². The normalized spacial score (nSPS) is 17.3. The zero-order valence-corrected chi connectivity index (χ0v) is 13.4. The van der Waals surface area contributed by atoms with Crippen LogP contribution in [-0.4, -0.2) is 0 Å². The molecule has 0 saturated heterocycles. The van der Waals surface area contributed by atoms with E-state index in [2.05, 4.69) is 94.1 Å². The third-order valence-electron chi connectivity index (χ3n) is 3.72. The van der Waals surface area contributed by atoms with Gasteiger partial charge in [0.2, 0.25) is 0 Å². The van der Waals surface area contributed by atoms with E-state index in [-0.39, 0.29) is 0 Å². The molecule has 0 amide bonds. The van der Waals surface area contributed by atoms with E-state index in [0.29, 0.717) is 5.92 Å². The van der Waals surface area contributed by atoms with Crippen molar-refractivity contribution in [2.24, 2.45) is 0 Å². The van der Waals surface area contributed by atoms with Gasteiger partial charge in [-0.1, -0.05) is 68.4 Å². The standard InChI is InChI=1S/C20H20P/c1-16(2)19-14-8-9-15-20(19)21(18-12-6-7-13-18)17-10-4-3-5-11-17/h3-16H,1-2H3/t21-/m0/s1. The molecule has 0 nitrogen and oxygen atoms in total. The zero-order valence-electron chi connectivity index (χ0n) is 12.5. The van der Waals surface area contributed by atoms with Gasteiger partial charge >= 0.3 is 0 Å². The lowest BCUT2D eigenvalue weighted by molar-refractivity contribution is 0.873. The molecular weight excluding hydrogens is 271 g/mol. The maximum Gasteiger partial charge on any atom is 0.0161 e. The Morgan fingerprint density at radius 1 is 0.762 bits per heavy atom. The molecule has 0 aliphatic heterocycles. The molecule has 2 aromatic rings. The van der Waals surface area contributed by atoms with E-state index in [0.717, 1.165) is 0 Å². The van der Waals surface area contributed by atoms with Gasteiger partial charge in [-0.05, 0) is 55.7 Å². The van der Waals surface area contributed by atoms with Crippen molar-refractivity contribution in [1.82, 2.24) is 0 Å². The van der Waals surface area contributed by atoms with Crippen LogP contribution < -0.4 is 10.6 Å². The van der Waals surface area contributed by atoms with Gasteiger partial charge in [0, 0.05) is 5.66 Å². The summed E-state index contributed by atoms with van der Waals surface area (Å²) in [5.74, 6) is 0.546. The Morgan fingerprint density at radius 2 is 1.38 bits per heavy atom. The molecule has 1 aliphatic carbocycles. The highest BCUT2D eigenvalue weighted by Crippen LogP contribution is 2.52. The first-order valence-corrected chi connectivity index (χ1v) is 8.77. The van der Waals surface area contributed by atoms with Gasteiger partial charge in [-0.15, -0.1) is 0 Å². The fourth-order valence-corrected chi connectivity index (χ4v) is 5.32. The molecule has 0 N–H and O–H groups in total. The van der Waals surface area contributed by atoms with Crippen molar-refractivity contribution >= 4 is 18.5 Å².